The highest BCUT2D eigenvalue weighted by Gasteiger charge is 2.13. The van der Waals surface area contributed by atoms with Crippen LogP contribution in [0.1, 0.15) is 28.9 Å². The number of fused-ring (bicyclic) bond motifs is 1. The number of benzene rings is 1. The number of aromatic nitrogens is 2. The molecule has 0 aliphatic rings. The van der Waals surface area contributed by atoms with E-state index in [1.165, 1.54) is 0 Å². The molecule has 0 aliphatic heterocycles. The molecule has 1 aromatic carbocycles. The standard InChI is InChI=1S/C15H16N4O2/c1-2-10-6-18-14(21-10)8-19-15(20)12-7-17-13-4-3-9(16)5-11(12)13/h3-7,17H,2,8,16H2,1H3,(H,19,20). The fourth-order valence-corrected chi connectivity index (χ4v) is 2.17. The maximum Gasteiger partial charge on any atom is 0.253 e. The van der Waals surface area contributed by atoms with Gasteiger partial charge in [0.1, 0.15) is 5.76 Å². The Bertz CT molecular complexity index is 788. The van der Waals surface area contributed by atoms with Gasteiger partial charge in [0.05, 0.1) is 18.3 Å². The number of carbonyl (C=O) groups excluding carboxylic acids is 1. The molecule has 6 nitrogen and oxygen atoms in total. The summed E-state index contributed by atoms with van der Waals surface area (Å²) in [6, 6.07) is 5.42. The smallest absolute Gasteiger partial charge is 0.253 e. The summed E-state index contributed by atoms with van der Waals surface area (Å²) in [6.45, 7) is 2.24. The van der Waals surface area contributed by atoms with Crippen molar-refractivity contribution in [2.45, 2.75) is 19.9 Å². The number of nitrogens with zero attached hydrogens (tertiary/aromatic N) is 1. The van der Waals surface area contributed by atoms with Gasteiger partial charge in [-0.1, -0.05) is 6.92 Å². The van der Waals surface area contributed by atoms with Crippen LogP contribution in [0.3, 0.4) is 0 Å². The van der Waals surface area contributed by atoms with Gasteiger partial charge >= 0.3 is 0 Å². The van der Waals surface area contributed by atoms with E-state index in [0.717, 1.165) is 23.1 Å². The number of amides is 1. The number of carbonyl (C=O) groups is 1. The van der Waals surface area contributed by atoms with Crippen LogP contribution >= 0.6 is 0 Å². The lowest BCUT2D eigenvalue weighted by atomic mass is 10.1. The molecule has 21 heavy (non-hydrogen) atoms. The summed E-state index contributed by atoms with van der Waals surface area (Å²) in [7, 11) is 0. The lowest BCUT2D eigenvalue weighted by molar-refractivity contribution is 0.0949. The summed E-state index contributed by atoms with van der Waals surface area (Å²) in [5.41, 5.74) is 7.82. The topological polar surface area (TPSA) is 96.9 Å². The molecule has 0 bridgehead atoms. The molecule has 0 saturated heterocycles. The quantitative estimate of drug-likeness (QED) is 0.640. The van der Waals surface area contributed by atoms with E-state index in [9.17, 15) is 4.79 Å². The first-order chi connectivity index (χ1) is 10.2. The van der Waals surface area contributed by atoms with Crippen LogP contribution in [0.4, 0.5) is 5.69 Å². The number of aryl methyl sites for hydroxylation is 1. The maximum atomic E-state index is 12.2. The molecule has 108 valence electrons. The van der Waals surface area contributed by atoms with E-state index in [1.54, 1.807) is 24.5 Å². The number of rotatable bonds is 4. The predicted molar refractivity (Wildman–Crippen MR) is 79.8 cm³/mol. The second kappa shape index (κ2) is 5.32. The second-order valence-corrected chi connectivity index (χ2v) is 4.76. The van der Waals surface area contributed by atoms with Gasteiger partial charge in [0.25, 0.3) is 5.91 Å². The van der Waals surface area contributed by atoms with Crippen LogP contribution in [0, 0.1) is 0 Å². The molecule has 0 atom stereocenters. The molecule has 4 N–H and O–H groups in total. The van der Waals surface area contributed by atoms with Crippen molar-refractivity contribution < 1.29 is 9.21 Å². The van der Waals surface area contributed by atoms with Crippen LogP contribution in [0.2, 0.25) is 0 Å². The Hall–Kier alpha value is -2.76. The van der Waals surface area contributed by atoms with Crippen LogP contribution in [0.15, 0.2) is 35.0 Å². The number of nitrogen functional groups attached to an aromatic ring is 1. The van der Waals surface area contributed by atoms with Crippen molar-refractivity contribution in [2.75, 3.05) is 5.73 Å². The molecular weight excluding hydrogens is 268 g/mol. The van der Waals surface area contributed by atoms with Crippen molar-refractivity contribution in [3.8, 4) is 0 Å². The highest BCUT2D eigenvalue weighted by atomic mass is 16.4. The number of hydrogen-bond donors (Lipinski definition) is 3. The molecule has 6 heteroatoms. The minimum absolute atomic E-state index is 0.192. The third kappa shape index (κ3) is 2.60. The summed E-state index contributed by atoms with van der Waals surface area (Å²) in [6.07, 6.45) is 4.13. The number of oxazole rings is 1. The second-order valence-electron chi connectivity index (χ2n) is 4.76. The monoisotopic (exact) mass is 284 g/mol. The highest BCUT2D eigenvalue weighted by molar-refractivity contribution is 6.07. The van der Waals surface area contributed by atoms with Gasteiger partial charge < -0.3 is 20.5 Å². The van der Waals surface area contributed by atoms with Gasteiger partial charge in [0.15, 0.2) is 0 Å². The van der Waals surface area contributed by atoms with Crippen LogP contribution < -0.4 is 11.1 Å². The zero-order chi connectivity index (χ0) is 14.8. The maximum absolute atomic E-state index is 12.2. The van der Waals surface area contributed by atoms with Gasteiger partial charge in [0, 0.05) is 29.2 Å². The first-order valence-electron chi connectivity index (χ1n) is 6.75. The molecule has 0 spiro atoms. The van der Waals surface area contributed by atoms with Crippen molar-refractivity contribution >= 4 is 22.5 Å². The van der Waals surface area contributed by atoms with Gasteiger partial charge in [-0.2, -0.15) is 0 Å². The van der Waals surface area contributed by atoms with Crippen molar-refractivity contribution in [1.82, 2.24) is 15.3 Å². The van der Waals surface area contributed by atoms with Crippen LogP contribution in [-0.2, 0) is 13.0 Å². The van der Waals surface area contributed by atoms with Crippen molar-refractivity contribution in [3.63, 3.8) is 0 Å². The summed E-state index contributed by atoms with van der Waals surface area (Å²) >= 11 is 0. The molecule has 0 aliphatic carbocycles. The van der Waals surface area contributed by atoms with Crippen molar-refractivity contribution in [3.05, 3.63) is 47.8 Å². The predicted octanol–water partition coefficient (Wildman–Crippen LogP) is 2.23. The Labute approximate surface area is 121 Å². The number of nitrogens with one attached hydrogen (secondary N) is 2. The summed E-state index contributed by atoms with van der Waals surface area (Å²) < 4.78 is 5.45. The molecular formula is C15H16N4O2. The minimum Gasteiger partial charge on any atom is -0.444 e. The summed E-state index contributed by atoms with van der Waals surface area (Å²) in [4.78, 5) is 19.4. The fraction of sp³-hybridized carbons (Fsp3) is 0.200. The molecule has 0 fully saturated rings. The van der Waals surface area contributed by atoms with E-state index in [4.69, 9.17) is 10.2 Å². The summed E-state index contributed by atoms with van der Waals surface area (Å²) in [5, 5.41) is 3.59. The first-order valence-corrected chi connectivity index (χ1v) is 6.75. The Balaban J connectivity index is 1.76. The Morgan fingerprint density at radius 3 is 3.10 bits per heavy atom. The Kier molecular flexibility index (Phi) is 3.35. The molecule has 0 radical (unpaired) electrons. The van der Waals surface area contributed by atoms with Gasteiger partial charge in [0.2, 0.25) is 5.89 Å². The van der Waals surface area contributed by atoms with E-state index < -0.39 is 0 Å². The zero-order valence-corrected chi connectivity index (χ0v) is 11.6. The molecule has 3 aromatic rings. The minimum atomic E-state index is -0.192. The average molecular weight is 284 g/mol. The number of hydrogen-bond acceptors (Lipinski definition) is 4. The van der Waals surface area contributed by atoms with E-state index in [-0.39, 0.29) is 12.5 Å². The van der Waals surface area contributed by atoms with E-state index in [0.29, 0.717) is 17.1 Å². The Morgan fingerprint density at radius 2 is 2.33 bits per heavy atom. The van der Waals surface area contributed by atoms with Gasteiger partial charge in [-0.25, -0.2) is 4.98 Å². The molecule has 2 heterocycles. The highest BCUT2D eigenvalue weighted by Crippen LogP contribution is 2.20. The van der Waals surface area contributed by atoms with E-state index >= 15 is 0 Å². The normalized spacial score (nSPS) is 10.9. The summed E-state index contributed by atoms with van der Waals surface area (Å²) in [5.74, 6) is 1.11. The lowest BCUT2D eigenvalue weighted by Gasteiger charge is -2.02. The van der Waals surface area contributed by atoms with E-state index in [1.807, 2.05) is 13.0 Å². The number of nitrogens with two attached hydrogens (primary N) is 1. The molecule has 2 aromatic heterocycles. The third-order valence-electron chi connectivity index (χ3n) is 3.30. The van der Waals surface area contributed by atoms with Crippen LogP contribution in [-0.4, -0.2) is 15.9 Å². The van der Waals surface area contributed by atoms with Crippen LogP contribution in [0.5, 0.6) is 0 Å². The fourth-order valence-electron chi connectivity index (χ4n) is 2.17. The molecule has 0 unspecified atom stereocenters. The first kappa shape index (κ1) is 13.2. The van der Waals surface area contributed by atoms with Crippen LogP contribution in [0.25, 0.3) is 10.9 Å². The SMILES string of the molecule is CCc1cnc(CNC(=O)c2c[nH]c3ccc(N)cc23)o1. The van der Waals surface area contributed by atoms with Crippen molar-refractivity contribution in [2.24, 2.45) is 0 Å². The average Bonchev–Trinajstić information content (AvgIpc) is 3.10. The molecule has 0 saturated carbocycles. The number of aromatic amines is 1. The van der Waals surface area contributed by atoms with Gasteiger partial charge in [-0.15, -0.1) is 0 Å². The molecule has 3 rings (SSSR count). The lowest BCUT2D eigenvalue weighted by Crippen LogP contribution is -2.22. The van der Waals surface area contributed by atoms with Crippen molar-refractivity contribution in [1.29, 1.82) is 0 Å². The number of anilines is 1. The number of H-pyrrole nitrogens is 1. The molecule has 1 amide bonds. The largest absolute Gasteiger partial charge is 0.444 e. The van der Waals surface area contributed by atoms with E-state index in [2.05, 4.69) is 15.3 Å². The van der Waals surface area contributed by atoms with Gasteiger partial charge in [-0.05, 0) is 18.2 Å². The third-order valence-corrected chi connectivity index (χ3v) is 3.30. The Morgan fingerprint density at radius 1 is 1.48 bits per heavy atom. The zero-order valence-electron chi connectivity index (χ0n) is 11.6. The van der Waals surface area contributed by atoms with Gasteiger partial charge in [-0.3, -0.25) is 4.79 Å².